The van der Waals surface area contributed by atoms with Crippen LogP contribution < -0.4 is 29.6 Å². The highest BCUT2D eigenvalue weighted by atomic mass is 32.2. The molecule has 0 aliphatic heterocycles. The first-order chi connectivity index (χ1) is 26.0. The Labute approximate surface area is 312 Å². The van der Waals surface area contributed by atoms with Gasteiger partial charge in [-0.1, -0.05) is 60.7 Å². The molecule has 0 spiro atoms. The molecule has 4 N–H and O–H groups in total. The number of methoxy groups -OCH3 is 2. The number of carbonyl (C=O) groups excluding carboxylic acids is 2. The predicted octanol–water partition coefficient (Wildman–Crippen LogP) is 7.48. The normalized spacial score (nSPS) is 11.2. The Bertz CT molecular complexity index is 2370. The van der Waals surface area contributed by atoms with Gasteiger partial charge in [-0.3, -0.25) is 19.0 Å². The van der Waals surface area contributed by atoms with Crippen LogP contribution in [-0.2, 0) is 20.0 Å². The molecule has 54 heavy (non-hydrogen) atoms. The molecule has 0 atom stereocenters. The second-order valence-corrected chi connectivity index (χ2v) is 15.1. The molecular formula is C40H34N4O8S2. The fourth-order valence-corrected chi connectivity index (χ4v) is 7.55. The zero-order valence-electron chi connectivity index (χ0n) is 28.9. The first-order valence-corrected chi connectivity index (χ1v) is 19.3. The Kier molecular flexibility index (Phi) is 11.0. The van der Waals surface area contributed by atoms with Gasteiger partial charge in [0.2, 0.25) is 0 Å². The molecule has 2 amide bonds. The molecule has 0 saturated heterocycles. The highest BCUT2D eigenvalue weighted by molar-refractivity contribution is 7.93. The zero-order chi connectivity index (χ0) is 38.3. The summed E-state index contributed by atoms with van der Waals surface area (Å²) in [5.74, 6) is -0.243. The number of benzene rings is 6. The van der Waals surface area contributed by atoms with E-state index in [1.54, 1.807) is 109 Å². The van der Waals surface area contributed by atoms with E-state index in [0.29, 0.717) is 22.9 Å². The SMILES string of the molecule is COc1cc(-c2ccc(NC(=O)c3cccc(NS(=O)(=O)c4ccccc4)c3)c(OC)c2)ccc1NC(=O)c1cccc(NS(=O)(=O)c2ccccc2)c1. The number of rotatable bonds is 13. The standard InChI is InChI=1S/C40H34N4O8S2/c1-51-37-25-27(19-21-35(37)41-39(45)29-11-9-13-31(23-29)43-53(47,48)33-15-5-3-6-16-33)28-20-22-36(38(26-28)52-2)42-40(46)30-12-10-14-32(24-30)44-54(49,50)34-17-7-4-8-18-34/h3-26,43-44H,1-2H3,(H,41,45)(H,42,46). The maximum Gasteiger partial charge on any atom is 0.261 e. The van der Waals surface area contributed by atoms with Crippen LogP contribution in [0.4, 0.5) is 22.7 Å². The van der Waals surface area contributed by atoms with Gasteiger partial charge in [-0.15, -0.1) is 0 Å². The van der Waals surface area contributed by atoms with Crippen molar-refractivity contribution in [1.29, 1.82) is 0 Å². The van der Waals surface area contributed by atoms with Crippen LogP contribution in [0.2, 0.25) is 0 Å². The van der Waals surface area contributed by atoms with Gasteiger partial charge >= 0.3 is 0 Å². The molecule has 14 heteroatoms. The summed E-state index contributed by atoms with van der Waals surface area (Å²) < 4.78 is 67.3. The summed E-state index contributed by atoms with van der Waals surface area (Å²) in [4.78, 5) is 26.7. The maximum absolute atomic E-state index is 13.3. The van der Waals surface area contributed by atoms with Gasteiger partial charge in [0, 0.05) is 22.5 Å². The smallest absolute Gasteiger partial charge is 0.261 e. The Hall–Kier alpha value is -6.64. The number of sulfonamides is 2. The molecule has 6 aromatic carbocycles. The minimum absolute atomic E-state index is 0.0941. The summed E-state index contributed by atoms with van der Waals surface area (Å²) in [6.45, 7) is 0. The van der Waals surface area contributed by atoms with E-state index < -0.39 is 31.9 Å². The van der Waals surface area contributed by atoms with E-state index in [1.165, 1.54) is 50.6 Å². The third-order valence-electron chi connectivity index (χ3n) is 8.09. The minimum Gasteiger partial charge on any atom is -0.495 e. The molecule has 0 unspecified atom stereocenters. The molecule has 6 aromatic rings. The van der Waals surface area contributed by atoms with Crippen molar-refractivity contribution in [2.24, 2.45) is 0 Å². The second kappa shape index (κ2) is 15.9. The zero-order valence-corrected chi connectivity index (χ0v) is 30.6. The first-order valence-electron chi connectivity index (χ1n) is 16.3. The van der Waals surface area contributed by atoms with Crippen molar-refractivity contribution in [2.45, 2.75) is 9.79 Å². The molecular weight excluding hydrogens is 729 g/mol. The third-order valence-corrected chi connectivity index (χ3v) is 10.9. The van der Waals surface area contributed by atoms with Crippen LogP contribution in [-0.4, -0.2) is 42.9 Å². The molecule has 0 heterocycles. The van der Waals surface area contributed by atoms with E-state index in [4.69, 9.17) is 9.47 Å². The van der Waals surface area contributed by atoms with Gasteiger partial charge < -0.3 is 20.1 Å². The van der Waals surface area contributed by atoms with Crippen LogP contribution >= 0.6 is 0 Å². The molecule has 0 aromatic heterocycles. The molecule has 6 rings (SSSR count). The molecule has 0 aliphatic carbocycles. The summed E-state index contributed by atoms with van der Waals surface area (Å²) in [6.07, 6.45) is 0. The number of ether oxygens (including phenoxy) is 2. The maximum atomic E-state index is 13.3. The number of nitrogens with one attached hydrogen (secondary N) is 4. The minimum atomic E-state index is -3.85. The van der Waals surface area contributed by atoms with Crippen molar-refractivity contribution in [2.75, 3.05) is 34.3 Å². The number of carbonyl (C=O) groups is 2. The van der Waals surface area contributed by atoms with Gasteiger partial charge in [-0.05, 0) is 96.1 Å². The van der Waals surface area contributed by atoms with Crippen molar-refractivity contribution >= 4 is 54.6 Å². The summed E-state index contributed by atoms with van der Waals surface area (Å²) in [6, 6.07) is 38.4. The molecule has 0 fully saturated rings. The van der Waals surface area contributed by atoms with E-state index in [2.05, 4.69) is 20.1 Å². The van der Waals surface area contributed by atoms with Gasteiger partial charge in [0.1, 0.15) is 11.5 Å². The third kappa shape index (κ3) is 8.69. The van der Waals surface area contributed by atoms with Crippen LogP contribution in [0.3, 0.4) is 0 Å². The highest BCUT2D eigenvalue weighted by Gasteiger charge is 2.18. The van der Waals surface area contributed by atoms with Crippen molar-refractivity contribution in [3.05, 3.63) is 157 Å². The lowest BCUT2D eigenvalue weighted by atomic mass is 10.0. The molecule has 274 valence electrons. The lowest BCUT2D eigenvalue weighted by molar-refractivity contribution is 0.101. The van der Waals surface area contributed by atoms with Crippen LogP contribution in [0, 0.1) is 0 Å². The van der Waals surface area contributed by atoms with Crippen LogP contribution in [0.25, 0.3) is 11.1 Å². The van der Waals surface area contributed by atoms with E-state index in [9.17, 15) is 26.4 Å². The van der Waals surface area contributed by atoms with Crippen molar-refractivity contribution in [1.82, 2.24) is 0 Å². The quantitative estimate of drug-likeness (QED) is 0.0939. The number of hydrogen-bond donors (Lipinski definition) is 4. The van der Waals surface area contributed by atoms with E-state index in [-0.39, 0.29) is 32.3 Å². The highest BCUT2D eigenvalue weighted by Crippen LogP contribution is 2.35. The molecule has 0 aliphatic rings. The van der Waals surface area contributed by atoms with Crippen molar-refractivity contribution < 1.29 is 35.9 Å². The predicted molar refractivity (Wildman–Crippen MR) is 208 cm³/mol. The molecule has 0 saturated carbocycles. The largest absolute Gasteiger partial charge is 0.495 e. The number of amides is 2. The van der Waals surface area contributed by atoms with Crippen molar-refractivity contribution in [3.63, 3.8) is 0 Å². The second-order valence-electron chi connectivity index (χ2n) is 11.7. The Morgan fingerprint density at radius 2 is 0.852 bits per heavy atom. The lowest BCUT2D eigenvalue weighted by Gasteiger charge is -2.15. The summed E-state index contributed by atoms with van der Waals surface area (Å²) in [5.41, 5.74) is 3.09. The summed E-state index contributed by atoms with van der Waals surface area (Å²) in [7, 11) is -4.77. The monoisotopic (exact) mass is 762 g/mol. The summed E-state index contributed by atoms with van der Waals surface area (Å²) in [5, 5.41) is 5.64. The summed E-state index contributed by atoms with van der Waals surface area (Å²) >= 11 is 0. The molecule has 0 bridgehead atoms. The fourth-order valence-electron chi connectivity index (χ4n) is 5.41. The average molecular weight is 763 g/mol. The van der Waals surface area contributed by atoms with Crippen LogP contribution in [0.5, 0.6) is 11.5 Å². The Morgan fingerprint density at radius 3 is 1.22 bits per heavy atom. The number of anilines is 4. The van der Waals surface area contributed by atoms with E-state index in [1.807, 2.05) is 0 Å². The van der Waals surface area contributed by atoms with Gasteiger partial charge in [-0.2, -0.15) is 0 Å². The number of hydrogen-bond acceptors (Lipinski definition) is 8. The Balaban J connectivity index is 1.15. The molecule has 12 nitrogen and oxygen atoms in total. The van der Waals surface area contributed by atoms with Crippen molar-refractivity contribution in [3.8, 4) is 22.6 Å². The van der Waals surface area contributed by atoms with Crippen LogP contribution in [0.1, 0.15) is 20.7 Å². The fraction of sp³-hybridized carbons (Fsp3) is 0.0500. The van der Waals surface area contributed by atoms with Gasteiger partial charge in [-0.25, -0.2) is 16.8 Å². The average Bonchev–Trinajstić information content (AvgIpc) is 3.18. The Morgan fingerprint density at radius 1 is 0.463 bits per heavy atom. The van der Waals surface area contributed by atoms with E-state index >= 15 is 0 Å². The lowest BCUT2D eigenvalue weighted by Crippen LogP contribution is -2.15. The van der Waals surface area contributed by atoms with Gasteiger partial charge in [0.05, 0.1) is 35.4 Å². The topological polar surface area (TPSA) is 169 Å². The van der Waals surface area contributed by atoms with Gasteiger partial charge in [0.15, 0.2) is 0 Å². The first kappa shape index (κ1) is 37.1. The van der Waals surface area contributed by atoms with Crippen LogP contribution in [0.15, 0.2) is 155 Å². The molecule has 0 radical (unpaired) electrons. The van der Waals surface area contributed by atoms with Gasteiger partial charge in [0.25, 0.3) is 31.9 Å². The van der Waals surface area contributed by atoms with E-state index in [0.717, 1.165) is 11.1 Å².